The SMILES string of the molecule is CC.CC1=C(C(=C/C=C/Nc2ccc(-c3ccc4c(c3)c3ccccc3n4-c3ccccc3)cc2)/C(C)=C\c2ccc(-c3ccccc3)cc2)C=CCC1. The number of fused-ring (bicyclic) bond motifs is 3. The second-order valence-corrected chi connectivity index (χ2v) is 13.5. The van der Waals surface area contributed by atoms with Gasteiger partial charge in [0.1, 0.15) is 0 Å². The summed E-state index contributed by atoms with van der Waals surface area (Å²) >= 11 is 0. The van der Waals surface area contributed by atoms with E-state index >= 15 is 0 Å². The summed E-state index contributed by atoms with van der Waals surface area (Å²) in [4.78, 5) is 0. The number of para-hydroxylation sites is 2. The van der Waals surface area contributed by atoms with Crippen molar-refractivity contribution in [3.63, 3.8) is 0 Å². The highest BCUT2D eigenvalue weighted by atomic mass is 15.0. The van der Waals surface area contributed by atoms with Gasteiger partial charge in [0, 0.05) is 28.3 Å². The largest absolute Gasteiger partial charge is 0.362 e. The third kappa shape index (κ3) is 7.84. The fourth-order valence-electron chi connectivity index (χ4n) is 7.32. The summed E-state index contributed by atoms with van der Waals surface area (Å²) < 4.78 is 2.36. The Morgan fingerprint density at radius 1 is 0.630 bits per heavy atom. The first-order chi connectivity index (χ1) is 26.6. The average Bonchev–Trinajstić information content (AvgIpc) is 3.57. The molecular formula is C52H48N2. The lowest BCUT2D eigenvalue weighted by atomic mass is 9.88. The zero-order valence-electron chi connectivity index (χ0n) is 31.8. The summed E-state index contributed by atoms with van der Waals surface area (Å²) in [5.74, 6) is 0. The van der Waals surface area contributed by atoms with Gasteiger partial charge in [0.2, 0.25) is 0 Å². The van der Waals surface area contributed by atoms with Crippen LogP contribution >= 0.6 is 0 Å². The van der Waals surface area contributed by atoms with E-state index in [0.29, 0.717) is 0 Å². The van der Waals surface area contributed by atoms with E-state index in [1.807, 2.05) is 20.0 Å². The molecule has 1 aliphatic carbocycles. The van der Waals surface area contributed by atoms with Gasteiger partial charge in [-0.15, -0.1) is 0 Å². The first kappa shape index (κ1) is 36.0. The molecule has 0 fully saturated rings. The van der Waals surface area contributed by atoms with Crippen LogP contribution in [0.25, 0.3) is 55.8 Å². The van der Waals surface area contributed by atoms with Crippen molar-refractivity contribution in [1.29, 1.82) is 0 Å². The normalized spacial score (nSPS) is 13.4. The van der Waals surface area contributed by atoms with Gasteiger partial charge in [-0.25, -0.2) is 0 Å². The molecule has 8 rings (SSSR count). The Hall–Kier alpha value is -6.38. The van der Waals surface area contributed by atoms with E-state index in [4.69, 9.17) is 0 Å². The number of benzene rings is 6. The van der Waals surface area contributed by atoms with Gasteiger partial charge < -0.3 is 9.88 Å². The number of nitrogens with zero attached hydrogens (tertiary/aromatic N) is 1. The van der Waals surface area contributed by atoms with Gasteiger partial charge in [-0.3, -0.25) is 0 Å². The standard InChI is InChI=1S/C50H42N2.C2H6/c1-36-14-9-10-19-45(36)46(37(2)34-38-23-25-40(26-24-38)39-15-5-3-6-16-39)21-13-33-51-43-30-27-41(28-31-43)42-29-32-50-48(35-42)47-20-11-12-22-49(47)52(50)44-17-7-4-8-18-44;1-2/h3-8,10-13,15-35,51H,9,14H2,1-2H3;1-2H3/b33-13+,37-34-,46-21+;. The van der Waals surface area contributed by atoms with Crippen molar-refractivity contribution < 1.29 is 0 Å². The predicted octanol–water partition coefficient (Wildman–Crippen LogP) is 14.8. The number of anilines is 1. The maximum absolute atomic E-state index is 3.50. The van der Waals surface area contributed by atoms with Crippen molar-refractivity contribution in [3.8, 4) is 27.9 Å². The minimum atomic E-state index is 1.05. The van der Waals surface area contributed by atoms with Gasteiger partial charge in [0.05, 0.1) is 11.0 Å². The minimum Gasteiger partial charge on any atom is -0.362 e. The summed E-state index contributed by atoms with van der Waals surface area (Å²) in [6, 6.07) is 54.2. The maximum atomic E-state index is 3.50. The highest BCUT2D eigenvalue weighted by Gasteiger charge is 2.14. The molecule has 0 amide bonds. The molecule has 1 aliphatic rings. The smallest absolute Gasteiger partial charge is 0.0541 e. The second-order valence-electron chi connectivity index (χ2n) is 13.5. The molecule has 1 heterocycles. The summed E-state index contributed by atoms with van der Waals surface area (Å²) in [5.41, 5.74) is 16.0. The van der Waals surface area contributed by atoms with Crippen LogP contribution in [0, 0.1) is 0 Å². The first-order valence-corrected chi connectivity index (χ1v) is 19.2. The molecule has 2 nitrogen and oxygen atoms in total. The van der Waals surface area contributed by atoms with Crippen molar-refractivity contribution in [1.82, 2.24) is 4.57 Å². The van der Waals surface area contributed by atoms with E-state index in [-0.39, 0.29) is 0 Å². The zero-order chi connectivity index (χ0) is 37.3. The van der Waals surface area contributed by atoms with Crippen molar-refractivity contribution in [3.05, 3.63) is 210 Å². The van der Waals surface area contributed by atoms with Crippen LogP contribution in [0.15, 0.2) is 204 Å². The van der Waals surface area contributed by atoms with Gasteiger partial charge in [0.25, 0.3) is 0 Å². The Kier molecular flexibility index (Phi) is 11.3. The molecule has 6 aromatic carbocycles. The zero-order valence-corrected chi connectivity index (χ0v) is 31.8. The number of rotatable bonds is 9. The molecule has 0 saturated carbocycles. The topological polar surface area (TPSA) is 17.0 Å². The van der Waals surface area contributed by atoms with Gasteiger partial charge in [-0.05, 0) is 120 Å². The maximum Gasteiger partial charge on any atom is 0.0541 e. The van der Waals surface area contributed by atoms with Crippen LogP contribution in [0.5, 0.6) is 0 Å². The van der Waals surface area contributed by atoms with Gasteiger partial charge in [-0.1, -0.05) is 153 Å². The van der Waals surface area contributed by atoms with Crippen LogP contribution in [0.4, 0.5) is 5.69 Å². The van der Waals surface area contributed by atoms with E-state index in [0.717, 1.165) is 18.5 Å². The lowest BCUT2D eigenvalue weighted by molar-refractivity contribution is 0.943. The van der Waals surface area contributed by atoms with Crippen LogP contribution in [0.2, 0.25) is 0 Å². The van der Waals surface area contributed by atoms with Crippen LogP contribution in [-0.4, -0.2) is 4.57 Å². The van der Waals surface area contributed by atoms with Gasteiger partial charge in [-0.2, -0.15) is 0 Å². The van der Waals surface area contributed by atoms with E-state index in [9.17, 15) is 0 Å². The van der Waals surface area contributed by atoms with Gasteiger partial charge >= 0.3 is 0 Å². The van der Waals surface area contributed by atoms with Crippen LogP contribution < -0.4 is 5.32 Å². The molecule has 0 radical (unpaired) electrons. The highest BCUT2D eigenvalue weighted by Crippen LogP contribution is 2.35. The lowest BCUT2D eigenvalue weighted by Gasteiger charge is -2.17. The molecule has 0 saturated heterocycles. The fraction of sp³-hybridized carbons (Fsp3) is 0.115. The molecule has 7 aromatic rings. The Balaban J connectivity index is 0.00000221. The third-order valence-electron chi connectivity index (χ3n) is 10.1. The molecule has 1 N–H and O–H groups in total. The number of nitrogens with one attached hydrogen (secondary N) is 1. The Morgan fingerprint density at radius 2 is 1.24 bits per heavy atom. The van der Waals surface area contributed by atoms with E-state index < -0.39 is 0 Å². The first-order valence-electron chi connectivity index (χ1n) is 19.2. The second kappa shape index (κ2) is 17.0. The van der Waals surface area contributed by atoms with Crippen molar-refractivity contribution >= 4 is 33.6 Å². The lowest BCUT2D eigenvalue weighted by Crippen LogP contribution is -1.97. The Morgan fingerprint density at radius 3 is 1.98 bits per heavy atom. The fourth-order valence-corrected chi connectivity index (χ4v) is 7.32. The van der Waals surface area contributed by atoms with Crippen LogP contribution in [-0.2, 0) is 0 Å². The summed E-state index contributed by atoms with van der Waals surface area (Å²) in [7, 11) is 0. The minimum absolute atomic E-state index is 1.05. The third-order valence-corrected chi connectivity index (χ3v) is 10.1. The van der Waals surface area contributed by atoms with Crippen molar-refractivity contribution in [2.45, 2.75) is 40.5 Å². The van der Waals surface area contributed by atoms with Crippen molar-refractivity contribution in [2.24, 2.45) is 0 Å². The molecule has 1 aromatic heterocycles. The summed E-state index contributed by atoms with van der Waals surface area (Å²) in [6.45, 7) is 8.48. The molecule has 266 valence electrons. The van der Waals surface area contributed by atoms with Crippen LogP contribution in [0.1, 0.15) is 46.1 Å². The quantitative estimate of drug-likeness (QED) is 0.148. The summed E-state index contributed by atoms with van der Waals surface area (Å²) in [5, 5.41) is 6.02. The molecule has 0 unspecified atom stereocenters. The monoisotopic (exact) mass is 700 g/mol. The average molecular weight is 701 g/mol. The Bertz CT molecular complexity index is 2500. The number of hydrogen-bond donors (Lipinski definition) is 1. The molecule has 0 aliphatic heterocycles. The number of aromatic nitrogens is 1. The van der Waals surface area contributed by atoms with E-state index in [1.165, 1.54) is 77.6 Å². The Labute approximate surface area is 320 Å². The van der Waals surface area contributed by atoms with Crippen molar-refractivity contribution in [2.75, 3.05) is 5.32 Å². The molecule has 0 atom stereocenters. The number of allylic oxidation sites excluding steroid dienone is 8. The molecule has 0 bridgehead atoms. The summed E-state index contributed by atoms with van der Waals surface area (Å²) in [6.07, 6.45) is 15.5. The predicted molar refractivity (Wildman–Crippen MR) is 235 cm³/mol. The van der Waals surface area contributed by atoms with Crippen LogP contribution in [0.3, 0.4) is 0 Å². The highest BCUT2D eigenvalue weighted by molar-refractivity contribution is 6.10. The van der Waals surface area contributed by atoms with Gasteiger partial charge in [0.15, 0.2) is 0 Å². The number of hydrogen-bond acceptors (Lipinski definition) is 1. The molecule has 54 heavy (non-hydrogen) atoms. The molecule has 0 spiro atoms. The van der Waals surface area contributed by atoms with E-state index in [1.54, 1.807) is 0 Å². The van der Waals surface area contributed by atoms with E-state index in [2.05, 4.69) is 206 Å². The molecule has 2 heteroatoms. The molecular weight excluding hydrogens is 653 g/mol.